The maximum absolute atomic E-state index is 11.8. The van der Waals surface area contributed by atoms with Crippen molar-refractivity contribution in [1.82, 2.24) is 10.2 Å². The minimum absolute atomic E-state index is 0.0125. The van der Waals surface area contributed by atoms with Crippen molar-refractivity contribution in [2.75, 3.05) is 13.1 Å². The summed E-state index contributed by atoms with van der Waals surface area (Å²) in [5, 5.41) is 2.60. The first-order valence-electron chi connectivity index (χ1n) is 5.37. The molecule has 3 N–H and O–H groups in total. The van der Waals surface area contributed by atoms with Crippen molar-refractivity contribution in [2.45, 2.75) is 38.8 Å². The number of nitrogens with two attached hydrogens (primary N) is 1. The van der Waals surface area contributed by atoms with Gasteiger partial charge in [-0.1, -0.05) is 0 Å². The molecule has 0 bridgehead atoms. The normalized spacial score (nSPS) is 19.8. The lowest BCUT2D eigenvalue weighted by molar-refractivity contribution is -0.135. The number of nitrogens with zero attached hydrogens (tertiary/aromatic N) is 1. The van der Waals surface area contributed by atoms with Gasteiger partial charge in [0.2, 0.25) is 11.8 Å². The van der Waals surface area contributed by atoms with E-state index in [1.807, 2.05) is 0 Å². The Bertz CT molecular complexity index is 247. The molecule has 0 aromatic carbocycles. The molecule has 1 rings (SSSR count). The van der Waals surface area contributed by atoms with Gasteiger partial charge >= 0.3 is 0 Å². The van der Waals surface area contributed by atoms with Gasteiger partial charge < -0.3 is 16.0 Å². The van der Waals surface area contributed by atoms with E-state index in [1.54, 1.807) is 18.7 Å². The lowest BCUT2D eigenvalue weighted by Gasteiger charge is -2.21. The molecule has 1 aliphatic rings. The minimum Gasteiger partial charge on any atom is -0.343 e. The second-order valence-corrected chi connectivity index (χ2v) is 4.05. The van der Waals surface area contributed by atoms with Gasteiger partial charge in [0, 0.05) is 13.1 Å². The highest BCUT2D eigenvalue weighted by Crippen LogP contribution is 2.08. The Morgan fingerprint density at radius 3 is 2.27 bits per heavy atom. The quantitative estimate of drug-likeness (QED) is 0.661. The number of rotatable bonds is 3. The molecule has 0 aromatic rings. The first-order chi connectivity index (χ1) is 7.02. The summed E-state index contributed by atoms with van der Waals surface area (Å²) in [5.41, 5.74) is 5.40. The van der Waals surface area contributed by atoms with Crippen LogP contribution < -0.4 is 11.1 Å². The molecule has 0 saturated carbocycles. The van der Waals surface area contributed by atoms with Crippen LogP contribution in [0.4, 0.5) is 0 Å². The Balaban J connectivity index is 2.42. The molecule has 1 aliphatic heterocycles. The summed E-state index contributed by atoms with van der Waals surface area (Å²) in [4.78, 5) is 24.8. The van der Waals surface area contributed by atoms with Gasteiger partial charge in [0.1, 0.15) is 6.04 Å². The third-order valence-electron chi connectivity index (χ3n) is 2.56. The van der Waals surface area contributed by atoms with Crippen molar-refractivity contribution in [2.24, 2.45) is 5.73 Å². The van der Waals surface area contributed by atoms with E-state index >= 15 is 0 Å². The van der Waals surface area contributed by atoms with Crippen LogP contribution in [-0.2, 0) is 9.59 Å². The summed E-state index contributed by atoms with van der Waals surface area (Å²) >= 11 is 0. The molecule has 2 atom stereocenters. The van der Waals surface area contributed by atoms with Crippen LogP contribution in [0.1, 0.15) is 26.7 Å². The predicted octanol–water partition coefficient (Wildman–Crippen LogP) is -0.539. The Labute approximate surface area is 90.0 Å². The van der Waals surface area contributed by atoms with E-state index in [2.05, 4.69) is 5.32 Å². The van der Waals surface area contributed by atoms with Crippen molar-refractivity contribution < 1.29 is 9.59 Å². The van der Waals surface area contributed by atoms with E-state index < -0.39 is 12.1 Å². The first-order valence-corrected chi connectivity index (χ1v) is 5.37. The highest BCUT2D eigenvalue weighted by molar-refractivity contribution is 5.89. The first kappa shape index (κ1) is 12.0. The van der Waals surface area contributed by atoms with Crippen LogP contribution in [0.5, 0.6) is 0 Å². The number of nitrogens with one attached hydrogen (secondary N) is 1. The molecule has 2 unspecified atom stereocenters. The molecule has 5 nitrogen and oxygen atoms in total. The summed E-state index contributed by atoms with van der Waals surface area (Å²) in [6, 6.07) is -1.04. The molecule has 0 radical (unpaired) electrons. The molecular weight excluding hydrogens is 194 g/mol. The van der Waals surface area contributed by atoms with Crippen LogP contribution in [0.3, 0.4) is 0 Å². The van der Waals surface area contributed by atoms with Crippen molar-refractivity contribution in [1.29, 1.82) is 0 Å². The van der Waals surface area contributed by atoms with E-state index in [0.29, 0.717) is 0 Å². The number of hydrogen-bond acceptors (Lipinski definition) is 3. The van der Waals surface area contributed by atoms with Gasteiger partial charge in [-0.25, -0.2) is 0 Å². The maximum Gasteiger partial charge on any atom is 0.244 e. The SMILES string of the molecule is CC(N)C(=O)NC(C)C(=O)N1CCCC1. The van der Waals surface area contributed by atoms with Crippen molar-refractivity contribution in [3.8, 4) is 0 Å². The molecule has 15 heavy (non-hydrogen) atoms. The molecule has 0 aromatic heterocycles. The molecule has 1 heterocycles. The molecule has 0 spiro atoms. The smallest absolute Gasteiger partial charge is 0.244 e. The number of hydrogen-bond donors (Lipinski definition) is 2. The molecule has 0 aliphatic carbocycles. The second kappa shape index (κ2) is 5.11. The minimum atomic E-state index is -0.571. The highest BCUT2D eigenvalue weighted by Gasteiger charge is 2.24. The molecule has 5 heteroatoms. The van der Waals surface area contributed by atoms with Crippen LogP contribution in [0.25, 0.3) is 0 Å². The zero-order valence-electron chi connectivity index (χ0n) is 9.32. The van der Waals surface area contributed by atoms with Crippen LogP contribution >= 0.6 is 0 Å². The molecule has 1 saturated heterocycles. The Morgan fingerprint density at radius 2 is 1.80 bits per heavy atom. The summed E-state index contributed by atoms with van der Waals surface area (Å²) in [7, 11) is 0. The lowest BCUT2D eigenvalue weighted by Crippen LogP contribution is -2.50. The summed E-state index contributed by atoms with van der Waals surface area (Å²) in [6.07, 6.45) is 2.11. The largest absolute Gasteiger partial charge is 0.343 e. The highest BCUT2D eigenvalue weighted by atomic mass is 16.2. The maximum atomic E-state index is 11.8. The van der Waals surface area contributed by atoms with Gasteiger partial charge in [0.05, 0.1) is 6.04 Å². The third kappa shape index (κ3) is 3.20. The number of carbonyl (C=O) groups is 2. The number of likely N-dealkylation sites (tertiary alicyclic amines) is 1. The number of amides is 2. The van der Waals surface area contributed by atoms with Gasteiger partial charge in [0.15, 0.2) is 0 Å². The average molecular weight is 213 g/mol. The van der Waals surface area contributed by atoms with E-state index in [4.69, 9.17) is 5.73 Å². The molecule has 86 valence electrons. The Hall–Kier alpha value is -1.10. The standard InChI is InChI=1S/C10H19N3O2/c1-7(11)9(14)12-8(2)10(15)13-5-3-4-6-13/h7-8H,3-6,11H2,1-2H3,(H,12,14). The Kier molecular flexibility index (Phi) is 4.08. The van der Waals surface area contributed by atoms with Gasteiger partial charge in [0.25, 0.3) is 0 Å². The van der Waals surface area contributed by atoms with E-state index in [9.17, 15) is 9.59 Å². The fraction of sp³-hybridized carbons (Fsp3) is 0.800. The topological polar surface area (TPSA) is 75.4 Å². The second-order valence-electron chi connectivity index (χ2n) is 4.05. The fourth-order valence-corrected chi connectivity index (χ4v) is 1.62. The van der Waals surface area contributed by atoms with Crippen molar-refractivity contribution in [3.05, 3.63) is 0 Å². The van der Waals surface area contributed by atoms with Crippen molar-refractivity contribution >= 4 is 11.8 Å². The third-order valence-corrected chi connectivity index (χ3v) is 2.56. The fourth-order valence-electron chi connectivity index (χ4n) is 1.62. The average Bonchev–Trinajstić information content (AvgIpc) is 2.68. The van der Waals surface area contributed by atoms with Gasteiger partial charge in [-0.05, 0) is 26.7 Å². The molecule has 1 fully saturated rings. The van der Waals surface area contributed by atoms with Gasteiger partial charge in [-0.2, -0.15) is 0 Å². The summed E-state index contributed by atoms with van der Waals surface area (Å²) < 4.78 is 0. The zero-order chi connectivity index (χ0) is 11.4. The monoisotopic (exact) mass is 213 g/mol. The van der Waals surface area contributed by atoms with Crippen molar-refractivity contribution in [3.63, 3.8) is 0 Å². The number of carbonyl (C=O) groups excluding carboxylic acids is 2. The van der Waals surface area contributed by atoms with E-state index in [-0.39, 0.29) is 11.8 Å². The van der Waals surface area contributed by atoms with Gasteiger partial charge in [-0.3, -0.25) is 9.59 Å². The summed E-state index contributed by atoms with van der Waals surface area (Å²) in [5.74, 6) is -0.295. The molecular formula is C10H19N3O2. The van der Waals surface area contributed by atoms with Crippen LogP contribution in [0, 0.1) is 0 Å². The van der Waals surface area contributed by atoms with E-state index in [0.717, 1.165) is 25.9 Å². The lowest BCUT2D eigenvalue weighted by atomic mass is 10.2. The van der Waals surface area contributed by atoms with Crippen LogP contribution in [0.2, 0.25) is 0 Å². The molecule has 2 amide bonds. The zero-order valence-corrected chi connectivity index (χ0v) is 9.32. The van der Waals surface area contributed by atoms with E-state index in [1.165, 1.54) is 0 Å². The summed E-state index contributed by atoms with van der Waals surface area (Å²) in [6.45, 7) is 4.90. The Morgan fingerprint density at radius 1 is 1.27 bits per heavy atom. The predicted molar refractivity (Wildman–Crippen MR) is 57.1 cm³/mol. The van der Waals surface area contributed by atoms with Gasteiger partial charge in [-0.15, -0.1) is 0 Å². The van der Waals surface area contributed by atoms with Crippen LogP contribution in [0.15, 0.2) is 0 Å². The van der Waals surface area contributed by atoms with Crippen LogP contribution in [-0.4, -0.2) is 41.9 Å².